The molecule has 11 heavy (non-hydrogen) atoms. The highest BCUT2D eigenvalue weighted by molar-refractivity contribution is 4.76. The summed E-state index contributed by atoms with van der Waals surface area (Å²) in [6.45, 7) is 12.5. The van der Waals surface area contributed by atoms with Crippen LogP contribution in [-0.2, 0) is 0 Å². The topological polar surface area (TPSA) is 12.0 Å². The molecule has 0 aromatic rings. The molecule has 1 heteroatoms. The van der Waals surface area contributed by atoms with Crippen molar-refractivity contribution < 1.29 is 1.43 Å². The second-order valence-electron chi connectivity index (χ2n) is 2.55. The summed E-state index contributed by atoms with van der Waals surface area (Å²) in [5.74, 6) is 0. The van der Waals surface area contributed by atoms with Crippen molar-refractivity contribution in [2.75, 3.05) is 0 Å². The van der Waals surface area contributed by atoms with Crippen LogP contribution in [0, 0.1) is 0 Å². The van der Waals surface area contributed by atoms with Crippen LogP contribution in [0.2, 0.25) is 0 Å². The van der Waals surface area contributed by atoms with E-state index < -0.39 is 0 Å². The summed E-state index contributed by atoms with van der Waals surface area (Å²) in [5, 5.41) is 3.42. The van der Waals surface area contributed by atoms with E-state index in [1.807, 2.05) is 27.7 Å². The van der Waals surface area contributed by atoms with Crippen LogP contribution >= 0.6 is 0 Å². The van der Waals surface area contributed by atoms with E-state index in [0.717, 1.165) is 12.1 Å². The van der Waals surface area contributed by atoms with Crippen molar-refractivity contribution >= 4 is 0 Å². The fraction of sp³-hybridized carbons (Fsp3) is 1.00. The van der Waals surface area contributed by atoms with E-state index in [2.05, 4.69) is 19.2 Å². The van der Waals surface area contributed by atoms with Gasteiger partial charge in [0.2, 0.25) is 0 Å². The molecule has 0 spiro atoms. The lowest BCUT2D eigenvalue weighted by molar-refractivity contribution is 0.596. The van der Waals surface area contributed by atoms with E-state index in [1.54, 1.807) is 0 Å². The molecular weight excluding hydrogens is 134 g/mol. The second-order valence-corrected chi connectivity index (χ2v) is 2.55. The Labute approximate surface area is 74.1 Å². The molecular formula is C10H27N. The zero-order valence-electron chi connectivity index (χ0n) is 9.07. The maximum Gasteiger partial charge on any atom is 0.00417 e. The second kappa shape index (κ2) is 9.96. The summed E-state index contributed by atoms with van der Waals surface area (Å²) >= 11 is 0. The van der Waals surface area contributed by atoms with Crippen LogP contribution in [0.1, 0.15) is 55.8 Å². The van der Waals surface area contributed by atoms with Crippen molar-refractivity contribution in [1.82, 2.24) is 5.32 Å². The normalized spacial score (nSPS) is 27.8. The molecule has 2 atom stereocenters. The quantitative estimate of drug-likeness (QED) is 0.574. The first-order chi connectivity index (χ1) is 5.29. The monoisotopic (exact) mass is 161 g/mol. The van der Waals surface area contributed by atoms with Gasteiger partial charge in [0, 0.05) is 13.5 Å². The lowest BCUT2D eigenvalue weighted by Gasteiger charge is -2.01. The third kappa shape index (κ3) is 7.86. The summed E-state index contributed by atoms with van der Waals surface area (Å²) in [6.07, 6.45) is 2.72. The van der Waals surface area contributed by atoms with Crippen LogP contribution < -0.4 is 5.32 Å². The lowest BCUT2D eigenvalue weighted by Crippen LogP contribution is -2.23. The summed E-state index contributed by atoms with van der Waals surface area (Å²) in [5.41, 5.74) is 0. The third-order valence-corrected chi connectivity index (χ3v) is 1.60. The molecule has 0 saturated carbocycles. The predicted molar refractivity (Wildman–Crippen MR) is 56.1 cm³/mol. The van der Waals surface area contributed by atoms with Crippen molar-refractivity contribution in [3.05, 3.63) is 0 Å². The van der Waals surface area contributed by atoms with Gasteiger partial charge in [0.25, 0.3) is 0 Å². The lowest BCUT2D eigenvalue weighted by atomic mass is 10.2. The van der Waals surface area contributed by atoms with Crippen molar-refractivity contribution in [3.63, 3.8) is 0 Å². The zero-order valence-corrected chi connectivity index (χ0v) is 9.07. The van der Waals surface area contributed by atoms with Gasteiger partial charge in [0.1, 0.15) is 0 Å². The molecule has 1 aliphatic rings. The molecule has 0 aromatic carbocycles. The molecule has 0 aromatic heterocycles. The minimum Gasteiger partial charge on any atom is -0.312 e. The maximum atomic E-state index is 3.42. The standard InChI is InChI=1S/C6H13N.2C2H6.H2/c1-5-3-4-6(2)7-5;2*1-2;/h5-7H,3-4H2,1-2H3;2*1-2H3;1H. The summed E-state index contributed by atoms with van der Waals surface area (Å²) in [7, 11) is 0. The summed E-state index contributed by atoms with van der Waals surface area (Å²) < 4.78 is 0. The van der Waals surface area contributed by atoms with Gasteiger partial charge in [-0.2, -0.15) is 0 Å². The van der Waals surface area contributed by atoms with Crippen LogP contribution in [0.25, 0.3) is 0 Å². The largest absolute Gasteiger partial charge is 0.312 e. The van der Waals surface area contributed by atoms with E-state index in [-0.39, 0.29) is 1.43 Å². The van der Waals surface area contributed by atoms with Gasteiger partial charge >= 0.3 is 0 Å². The number of hydrogen-bond acceptors (Lipinski definition) is 1. The summed E-state index contributed by atoms with van der Waals surface area (Å²) in [6, 6.07) is 1.55. The van der Waals surface area contributed by atoms with E-state index in [9.17, 15) is 0 Å². The van der Waals surface area contributed by atoms with E-state index >= 15 is 0 Å². The first kappa shape index (κ1) is 13.5. The van der Waals surface area contributed by atoms with Crippen LogP contribution in [0.3, 0.4) is 0 Å². The van der Waals surface area contributed by atoms with Gasteiger partial charge < -0.3 is 5.32 Å². The van der Waals surface area contributed by atoms with Crippen LogP contribution in [0.4, 0.5) is 0 Å². The average molecular weight is 161 g/mol. The molecule has 1 N–H and O–H groups in total. The first-order valence-electron chi connectivity index (χ1n) is 5.05. The fourth-order valence-electron chi connectivity index (χ4n) is 1.15. The van der Waals surface area contributed by atoms with Crippen molar-refractivity contribution in [1.29, 1.82) is 0 Å². The zero-order chi connectivity index (χ0) is 9.28. The number of nitrogens with one attached hydrogen (secondary N) is 1. The Morgan fingerprint density at radius 3 is 1.27 bits per heavy atom. The molecule has 1 rings (SSSR count). The van der Waals surface area contributed by atoms with Gasteiger partial charge in [-0.25, -0.2) is 0 Å². The minimum absolute atomic E-state index is 0. The number of hydrogen-bond donors (Lipinski definition) is 1. The number of rotatable bonds is 0. The Hall–Kier alpha value is -0.0400. The molecule has 72 valence electrons. The SMILES string of the molecule is CC.CC.CC1CCC(C)N1.[HH]. The predicted octanol–water partition coefficient (Wildman–Crippen LogP) is 3.45. The van der Waals surface area contributed by atoms with Crippen LogP contribution in [0.5, 0.6) is 0 Å². The van der Waals surface area contributed by atoms with E-state index in [4.69, 9.17) is 0 Å². The Balaban J connectivity index is -0.000000144. The molecule has 1 nitrogen and oxygen atoms in total. The van der Waals surface area contributed by atoms with Crippen molar-refractivity contribution in [3.8, 4) is 0 Å². The highest BCUT2D eigenvalue weighted by Gasteiger charge is 2.14. The molecule has 1 saturated heterocycles. The van der Waals surface area contributed by atoms with Gasteiger partial charge in [-0.3, -0.25) is 0 Å². The van der Waals surface area contributed by atoms with Crippen molar-refractivity contribution in [2.45, 2.75) is 66.5 Å². The van der Waals surface area contributed by atoms with Gasteiger partial charge in [0.15, 0.2) is 0 Å². The van der Waals surface area contributed by atoms with Crippen molar-refractivity contribution in [2.24, 2.45) is 0 Å². The Morgan fingerprint density at radius 1 is 0.909 bits per heavy atom. The van der Waals surface area contributed by atoms with Crippen LogP contribution in [0.15, 0.2) is 0 Å². The maximum absolute atomic E-state index is 3.42. The van der Waals surface area contributed by atoms with Gasteiger partial charge in [0.05, 0.1) is 0 Å². The Kier molecular flexibility index (Phi) is 12.3. The van der Waals surface area contributed by atoms with E-state index in [1.165, 1.54) is 12.8 Å². The van der Waals surface area contributed by atoms with E-state index in [0.29, 0.717) is 0 Å². The molecule has 0 radical (unpaired) electrons. The minimum atomic E-state index is 0. The van der Waals surface area contributed by atoms with Gasteiger partial charge in [-0.15, -0.1) is 0 Å². The smallest absolute Gasteiger partial charge is 0.00417 e. The molecule has 0 bridgehead atoms. The Morgan fingerprint density at radius 2 is 1.18 bits per heavy atom. The Bertz CT molecular complexity index is 58.9. The van der Waals surface area contributed by atoms with Crippen LogP contribution in [-0.4, -0.2) is 12.1 Å². The summed E-state index contributed by atoms with van der Waals surface area (Å²) in [4.78, 5) is 0. The average Bonchev–Trinajstić information content (AvgIpc) is 2.43. The molecule has 0 aliphatic carbocycles. The highest BCUT2D eigenvalue weighted by Crippen LogP contribution is 2.09. The highest BCUT2D eigenvalue weighted by atomic mass is 15.0. The fourth-order valence-corrected chi connectivity index (χ4v) is 1.15. The molecule has 1 aliphatic heterocycles. The molecule has 1 fully saturated rings. The first-order valence-corrected chi connectivity index (χ1v) is 5.05. The molecule has 1 heterocycles. The molecule has 2 unspecified atom stereocenters. The van der Waals surface area contributed by atoms with Gasteiger partial charge in [-0.1, -0.05) is 27.7 Å². The third-order valence-electron chi connectivity index (χ3n) is 1.60. The molecule has 0 amide bonds. The van der Waals surface area contributed by atoms with Gasteiger partial charge in [-0.05, 0) is 26.7 Å².